The van der Waals surface area contributed by atoms with Gasteiger partial charge in [0.2, 0.25) is 11.8 Å². The Kier molecular flexibility index (Phi) is 4.10. The second kappa shape index (κ2) is 6.56. The molecule has 2 fully saturated rings. The summed E-state index contributed by atoms with van der Waals surface area (Å²) in [4.78, 5) is 43.4. The largest absolute Gasteiger partial charge is 0.370 e. The van der Waals surface area contributed by atoms with Gasteiger partial charge in [-0.2, -0.15) is 0 Å². The van der Waals surface area contributed by atoms with Gasteiger partial charge in [0.25, 0.3) is 5.91 Å². The first kappa shape index (κ1) is 18.1. The minimum absolute atomic E-state index is 0.166. The molecule has 0 bridgehead atoms. The third-order valence-corrected chi connectivity index (χ3v) is 6.52. The van der Waals surface area contributed by atoms with Crippen LogP contribution in [0.15, 0.2) is 30.3 Å². The van der Waals surface area contributed by atoms with Crippen LogP contribution in [0.2, 0.25) is 0 Å². The summed E-state index contributed by atoms with van der Waals surface area (Å²) in [5, 5.41) is 4.30. The molecule has 2 aromatic carbocycles. The van der Waals surface area contributed by atoms with Crippen molar-refractivity contribution in [1.82, 2.24) is 10.2 Å². The molecule has 5 rings (SSSR count). The van der Waals surface area contributed by atoms with Crippen LogP contribution in [0, 0.1) is 0 Å². The van der Waals surface area contributed by atoms with Crippen LogP contribution in [0.25, 0.3) is 10.8 Å². The summed E-state index contributed by atoms with van der Waals surface area (Å²) in [6, 6.07) is 9.57. The van der Waals surface area contributed by atoms with Gasteiger partial charge in [-0.3, -0.25) is 24.6 Å². The molecule has 7 heteroatoms. The van der Waals surface area contributed by atoms with Crippen molar-refractivity contribution in [1.29, 1.82) is 0 Å². The lowest BCUT2D eigenvalue weighted by atomic mass is 10.0. The number of anilines is 2. The molecule has 7 nitrogen and oxygen atoms in total. The van der Waals surface area contributed by atoms with Crippen LogP contribution in [0.5, 0.6) is 0 Å². The smallest absolute Gasteiger partial charge is 0.259 e. The van der Waals surface area contributed by atoms with Gasteiger partial charge in [0, 0.05) is 42.5 Å². The first-order valence-electron chi connectivity index (χ1n) is 10.1. The summed E-state index contributed by atoms with van der Waals surface area (Å²) in [5.74, 6) is -0.842. The number of hydrogen-bond donors (Lipinski definition) is 1. The van der Waals surface area contributed by atoms with Crippen molar-refractivity contribution in [2.75, 3.05) is 37.0 Å². The summed E-state index contributed by atoms with van der Waals surface area (Å²) >= 11 is 0. The lowest BCUT2D eigenvalue weighted by molar-refractivity contribution is -0.134. The molecule has 29 heavy (non-hydrogen) atoms. The molecule has 1 N–H and O–H groups in total. The van der Waals surface area contributed by atoms with Crippen molar-refractivity contribution in [3.63, 3.8) is 0 Å². The van der Waals surface area contributed by atoms with Crippen molar-refractivity contribution in [3.8, 4) is 0 Å². The highest BCUT2D eigenvalue weighted by Crippen LogP contribution is 2.43. The molecule has 2 unspecified atom stereocenters. The first-order chi connectivity index (χ1) is 14.0. The number of amides is 3. The van der Waals surface area contributed by atoms with Crippen LogP contribution >= 0.6 is 0 Å². The van der Waals surface area contributed by atoms with Gasteiger partial charge in [-0.15, -0.1) is 0 Å². The van der Waals surface area contributed by atoms with E-state index in [9.17, 15) is 14.4 Å². The fraction of sp³-hybridized carbons (Fsp3) is 0.409. The summed E-state index contributed by atoms with van der Waals surface area (Å²) in [7, 11) is 4.25. The Morgan fingerprint density at radius 3 is 2.66 bits per heavy atom. The number of carbonyl (C=O) groups excluding carboxylic acids is 3. The molecule has 2 atom stereocenters. The molecule has 3 heterocycles. The van der Waals surface area contributed by atoms with Crippen LogP contribution < -0.4 is 15.1 Å². The van der Waals surface area contributed by atoms with E-state index in [2.05, 4.69) is 29.2 Å². The predicted molar refractivity (Wildman–Crippen MR) is 111 cm³/mol. The molecule has 150 valence electrons. The van der Waals surface area contributed by atoms with E-state index in [1.54, 1.807) is 4.90 Å². The number of likely N-dealkylation sites (tertiary alicyclic amines) is 1. The molecule has 2 saturated heterocycles. The molecule has 0 saturated carbocycles. The number of benzene rings is 2. The van der Waals surface area contributed by atoms with Crippen molar-refractivity contribution in [3.05, 3.63) is 35.9 Å². The Morgan fingerprint density at radius 1 is 1.10 bits per heavy atom. The third kappa shape index (κ3) is 2.72. The van der Waals surface area contributed by atoms with E-state index in [4.69, 9.17) is 0 Å². The van der Waals surface area contributed by atoms with Gasteiger partial charge in [-0.1, -0.05) is 12.1 Å². The van der Waals surface area contributed by atoms with E-state index >= 15 is 0 Å². The van der Waals surface area contributed by atoms with Crippen LogP contribution in [-0.4, -0.2) is 61.9 Å². The fourth-order valence-corrected chi connectivity index (χ4v) is 4.96. The van der Waals surface area contributed by atoms with E-state index in [-0.39, 0.29) is 18.2 Å². The third-order valence-electron chi connectivity index (χ3n) is 6.52. The quantitative estimate of drug-likeness (QED) is 0.806. The van der Waals surface area contributed by atoms with Gasteiger partial charge < -0.3 is 9.80 Å². The van der Waals surface area contributed by atoms with Crippen molar-refractivity contribution < 1.29 is 14.4 Å². The fourth-order valence-electron chi connectivity index (χ4n) is 4.96. The Morgan fingerprint density at radius 2 is 1.93 bits per heavy atom. The maximum atomic E-state index is 13.2. The normalized spacial score (nSPS) is 24.5. The average Bonchev–Trinajstić information content (AvgIpc) is 3.25. The number of piperidine rings is 1. The summed E-state index contributed by atoms with van der Waals surface area (Å²) in [6.45, 7) is 2.10. The monoisotopic (exact) mass is 392 g/mol. The highest BCUT2D eigenvalue weighted by atomic mass is 16.2. The lowest BCUT2D eigenvalue weighted by Gasteiger charge is -2.30. The number of nitrogens with zero attached hydrogens (tertiary/aromatic N) is 3. The van der Waals surface area contributed by atoms with Crippen LogP contribution in [0.1, 0.15) is 29.6 Å². The zero-order valence-corrected chi connectivity index (χ0v) is 16.6. The minimum Gasteiger partial charge on any atom is -0.370 e. The average molecular weight is 392 g/mol. The van der Waals surface area contributed by atoms with Crippen molar-refractivity contribution in [2.24, 2.45) is 0 Å². The maximum Gasteiger partial charge on any atom is 0.259 e. The maximum absolute atomic E-state index is 13.2. The zero-order valence-electron chi connectivity index (χ0n) is 16.6. The Labute approximate surface area is 169 Å². The summed E-state index contributed by atoms with van der Waals surface area (Å²) < 4.78 is 0. The van der Waals surface area contributed by atoms with Crippen LogP contribution in [0.4, 0.5) is 11.4 Å². The van der Waals surface area contributed by atoms with Gasteiger partial charge in [0.15, 0.2) is 0 Å². The molecule has 0 spiro atoms. The Balaban J connectivity index is 1.58. The number of hydrogen-bond acceptors (Lipinski definition) is 5. The SMILES string of the molecule is CN1CCC(N(C)c2ccc3c4c(cccc24)N(C2CCC(=O)NC2=O)C3=O)C1. The highest BCUT2D eigenvalue weighted by Gasteiger charge is 2.41. The second-order valence-electron chi connectivity index (χ2n) is 8.29. The van der Waals surface area contributed by atoms with Gasteiger partial charge in [0.1, 0.15) is 6.04 Å². The van der Waals surface area contributed by atoms with Crippen molar-refractivity contribution in [2.45, 2.75) is 31.3 Å². The highest BCUT2D eigenvalue weighted by molar-refractivity contribution is 6.28. The van der Waals surface area contributed by atoms with Crippen molar-refractivity contribution >= 4 is 39.9 Å². The van der Waals surface area contributed by atoms with Gasteiger partial charge in [0.05, 0.1) is 11.3 Å². The van der Waals surface area contributed by atoms with Gasteiger partial charge in [-0.05, 0) is 44.6 Å². The topological polar surface area (TPSA) is 73.0 Å². The molecule has 3 amide bonds. The second-order valence-corrected chi connectivity index (χ2v) is 8.29. The van der Waals surface area contributed by atoms with Crippen LogP contribution in [-0.2, 0) is 9.59 Å². The number of imide groups is 1. The number of carbonyl (C=O) groups is 3. The van der Waals surface area contributed by atoms with Gasteiger partial charge >= 0.3 is 0 Å². The molecular weight excluding hydrogens is 368 g/mol. The van der Waals surface area contributed by atoms with E-state index in [1.807, 2.05) is 30.3 Å². The van der Waals surface area contributed by atoms with E-state index < -0.39 is 11.9 Å². The number of nitrogens with one attached hydrogen (secondary N) is 1. The summed E-state index contributed by atoms with van der Waals surface area (Å²) in [6.07, 6.45) is 1.70. The van der Waals surface area contributed by atoms with Gasteiger partial charge in [-0.25, -0.2) is 0 Å². The molecule has 0 aromatic heterocycles. The standard InChI is InChI=1S/C22H24N4O3/c1-24-11-10-13(12-24)25(2)16-7-6-15-20-14(16)4-3-5-17(20)26(22(15)29)18-8-9-19(27)23-21(18)28/h3-7,13,18H,8-12H2,1-2H3,(H,23,27,28). The summed E-state index contributed by atoms with van der Waals surface area (Å²) in [5.41, 5.74) is 2.49. The lowest BCUT2D eigenvalue weighted by Crippen LogP contribution is -2.53. The first-order valence-corrected chi connectivity index (χ1v) is 10.1. The number of likely N-dealkylation sites (N-methyl/N-ethyl adjacent to an activating group) is 2. The molecular formula is C22H24N4O3. The molecule has 3 aliphatic heterocycles. The minimum atomic E-state index is -0.650. The van der Waals surface area contributed by atoms with Crippen LogP contribution in [0.3, 0.4) is 0 Å². The number of rotatable bonds is 3. The molecule has 0 aliphatic carbocycles. The molecule has 2 aromatic rings. The van der Waals surface area contributed by atoms with E-state index in [1.165, 1.54) is 0 Å². The predicted octanol–water partition coefficient (Wildman–Crippen LogP) is 1.75. The Bertz CT molecular complexity index is 1050. The zero-order chi connectivity index (χ0) is 20.3. The van der Waals surface area contributed by atoms with E-state index in [0.29, 0.717) is 18.0 Å². The van der Waals surface area contributed by atoms with E-state index in [0.717, 1.165) is 41.7 Å². The Hall–Kier alpha value is -2.93. The molecule has 0 radical (unpaired) electrons. The molecule has 3 aliphatic rings.